The highest BCUT2D eigenvalue weighted by atomic mass is 35.5. The van der Waals surface area contributed by atoms with Crippen LogP contribution >= 0.6 is 22.9 Å². The fraction of sp³-hybridized carbons (Fsp3) is 0.250. The lowest BCUT2D eigenvalue weighted by molar-refractivity contribution is 0.0594. The molecule has 6 heteroatoms. The van der Waals surface area contributed by atoms with Crippen molar-refractivity contribution in [1.29, 1.82) is 0 Å². The van der Waals surface area contributed by atoms with Crippen LogP contribution < -0.4 is 5.32 Å². The second-order valence-corrected chi connectivity index (χ2v) is 5.50. The molecule has 0 amide bonds. The predicted octanol–water partition coefficient (Wildman–Crippen LogP) is 2.81. The number of methoxy groups -OCH3 is 1. The van der Waals surface area contributed by atoms with Gasteiger partial charge in [0.05, 0.1) is 11.4 Å². The average molecular weight is 285 g/mol. The number of carbonyl (C=O) groups is 1. The molecule has 4 nitrogen and oxygen atoms in total. The van der Waals surface area contributed by atoms with Crippen molar-refractivity contribution in [2.75, 3.05) is 7.11 Å². The first-order valence-corrected chi connectivity index (χ1v) is 6.59. The molecule has 0 unspecified atom stereocenters. The summed E-state index contributed by atoms with van der Waals surface area (Å²) >= 11 is 7.40. The number of H-pyrrole nitrogens is 1. The van der Waals surface area contributed by atoms with Crippen LogP contribution in [0.15, 0.2) is 24.3 Å². The standard InChI is InChI=1S/C12H13ClN2O2S/c1-17-12(16)10-4-2-8(15-10)6-14-7-9-3-5-11(13)18-9/h2-5,14-15H,6-7H2,1H3. The first-order valence-electron chi connectivity index (χ1n) is 5.40. The number of aromatic nitrogens is 1. The molecule has 2 N–H and O–H groups in total. The van der Waals surface area contributed by atoms with Gasteiger partial charge in [-0.3, -0.25) is 0 Å². The summed E-state index contributed by atoms with van der Waals surface area (Å²) in [5.74, 6) is -0.355. The summed E-state index contributed by atoms with van der Waals surface area (Å²) < 4.78 is 5.41. The number of nitrogens with one attached hydrogen (secondary N) is 2. The van der Waals surface area contributed by atoms with Crippen LogP contribution in [-0.2, 0) is 17.8 Å². The highest BCUT2D eigenvalue weighted by Gasteiger charge is 2.07. The van der Waals surface area contributed by atoms with Gasteiger partial charge in [0.2, 0.25) is 0 Å². The molecule has 2 heterocycles. The summed E-state index contributed by atoms with van der Waals surface area (Å²) in [6, 6.07) is 7.45. The molecule has 2 aromatic rings. The van der Waals surface area contributed by atoms with Gasteiger partial charge in [-0.05, 0) is 24.3 Å². The van der Waals surface area contributed by atoms with Crippen molar-refractivity contribution < 1.29 is 9.53 Å². The Morgan fingerprint density at radius 2 is 2.22 bits per heavy atom. The molecule has 0 saturated heterocycles. The van der Waals surface area contributed by atoms with Crippen LogP contribution in [-0.4, -0.2) is 18.1 Å². The Hall–Kier alpha value is -1.30. The van der Waals surface area contributed by atoms with Crippen molar-refractivity contribution >= 4 is 28.9 Å². The number of thiophene rings is 1. The number of carbonyl (C=O) groups excluding carboxylic acids is 1. The molecule has 2 aromatic heterocycles. The first kappa shape index (κ1) is 13.1. The molecule has 0 spiro atoms. The molecule has 0 aliphatic rings. The van der Waals surface area contributed by atoms with Crippen LogP contribution in [0.3, 0.4) is 0 Å². The van der Waals surface area contributed by atoms with Gasteiger partial charge >= 0.3 is 5.97 Å². The number of halogens is 1. The average Bonchev–Trinajstić information content (AvgIpc) is 2.98. The van der Waals surface area contributed by atoms with Crippen molar-refractivity contribution in [3.05, 3.63) is 44.9 Å². The molecule has 0 radical (unpaired) electrons. The number of aromatic amines is 1. The lowest BCUT2D eigenvalue weighted by Gasteiger charge is -2.01. The van der Waals surface area contributed by atoms with E-state index in [1.807, 2.05) is 18.2 Å². The fourth-order valence-electron chi connectivity index (χ4n) is 1.54. The van der Waals surface area contributed by atoms with E-state index in [4.69, 9.17) is 11.6 Å². The third kappa shape index (κ3) is 3.35. The zero-order chi connectivity index (χ0) is 13.0. The normalized spacial score (nSPS) is 10.6. The Kier molecular flexibility index (Phi) is 4.41. The molecule has 0 aliphatic carbocycles. The number of hydrogen-bond donors (Lipinski definition) is 2. The van der Waals surface area contributed by atoms with E-state index in [2.05, 4.69) is 15.0 Å². The van der Waals surface area contributed by atoms with Crippen molar-refractivity contribution in [3.63, 3.8) is 0 Å². The van der Waals surface area contributed by atoms with Crippen molar-refractivity contribution in [3.8, 4) is 0 Å². The van der Waals surface area contributed by atoms with E-state index >= 15 is 0 Å². The van der Waals surface area contributed by atoms with E-state index in [9.17, 15) is 4.79 Å². The smallest absolute Gasteiger partial charge is 0.354 e. The van der Waals surface area contributed by atoms with Gasteiger partial charge in [0.1, 0.15) is 5.69 Å². The minimum absolute atomic E-state index is 0.355. The summed E-state index contributed by atoms with van der Waals surface area (Å²) in [5, 5.41) is 3.27. The van der Waals surface area contributed by atoms with Crippen LogP contribution in [0.1, 0.15) is 21.1 Å². The molecule has 96 valence electrons. The van der Waals surface area contributed by atoms with Crippen molar-refractivity contribution in [2.45, 2.75) is 13.1 Å². The highest BCUT2D eigenvalue weighted by molar-refractivity contribution is 7.16. The maximum Gasteiger partial charge on any atom is 0.354 e. The Labute approximate surface area is 114 Å². The van der Waals surface area contributed by atoms with Gasteiger partial charge < -0.3 is 15.0 Å². The number of ether oxygens (including phenoxy) is 1. The molecule has 0 saturated carbocycles. The zero-order valence-corrected chi connectivity index (χ0v) is 11.4. The largest absolute Gasteiger partial charge is 0.464 e. The summed E-state index contributed by atoms with van der Waals surface area (Å²) in [5.41, 5.74) is 1.41. The monoisotopic (exact) mass is 284 g/mol. The zero-order valence-electron chi connectivity index (χ0n) is 9.83. The topological polar surface area (TPSA) is 54.1 Å². The van der Waals surface area contributed by atoms with Crippen molar-refractivity contribution in [1.82, 2.24) is 10.3 Å². The van der Waals surface area contributed by atoms with Gasteiger partial charge in [0.15, 0.2) is 0 Å². The summed E-state index contributed by atoms with van der Waals surface area (Å²) in [6.07, 6.45) is 0. The third-order valence-electron chi connectivity index (χ3n) is 2.40. The van der Waals surface area contributed by atoms with Gasteiger partial charge in [-0.25, -0.2) is 4.79 Å². The molecule has 0 fully saturated rings. The Balaban J connectivity index is 1.83. The van der Waals surface area contributed by atoms with Crippen LogP contribution in [0.25, 0.3) is 0 Å². The predicted molar refractivity (Wildman–Crippen MR) is 72.0 cm³/mol. The van der Waals surface area contributed by atoms with E-state index in [1.165, 1.54) is 12.0 Å². The molecule has 0 bridgehead atoms. The number of esters is 1. The van der Waals surface area contributed by atoms with E-state index in [1.54, 1.807) is 17.4 Å². The van der Waals surface area contributed by atoms with Crippen molar-refractivity contribution in [2.24, 2.45) is 0 Å². The van der Waals surface area contributed by atoms with Gasteiger partial charge in [0, 0.05) is 23.7 Å². The first-order chi connectivity index (χ1) is 8.69. The quantitative estimate of drug-likeness (QED) is 0.830. The number of hydrogen-bond acceptors (Lipinski definition) is 4. The second kappa shape index (κ2) is 6.04. The maximum atomic E-state index is 11.2. The third-order valence-corrected chi connectivity index (χ3v) is 3.63. The van der Waals surface area contributed by atoms with Gasteiger partial charge in [-0.15, -0.1) is 11.3 Å². The molecular formula is C12H13ClN2O2S. The van der Waals surface area contributed by atoms with Gasteiger partial charge in [-0.2, -0.15) is 0 Å². The summed E-state index contributed by atoms with van der Waals surface area (Å²) in [7, 11) is 1.36. The molecule has 0 aromatic carbocycles. The number of rotatable bonds is 5. The second-order valence-electron chi connectivity index (χ2n) is 3.70. The van der Waals surface area contributed by atoms with Gasteiger partial charge in [-0.1, -0.05) is 11.6 Å². The Morgan fingerprint density at radius 3 is 2.89 bits per heavy atom. The van der Waals surface area contributed by atoms with Crippen LogP contribution in [0.5, 0.6) is 0 Å². The molecule has 2 rings (SSSR count). The molecule has 0 atom stereocenters. The van der Waals surface area contributed by atoms with Crippen LogP contribution in [0.4, 0.5) is 0 Å². The van der Waals surface area contributed by atoms with Crippen LogP contribution in [0, 0.1) is 0 Å². The van der Waals surface area contributed by atoms with Crippen LogP contribution in [0.2, 0.25) is 4.34 Å². The summed E-state index contributed by atoms with van der Waals surface area (Å²) in [4.78, 5) is 15.4. The lowest BCUT2D eigenvalue weighted by Crippen LogP contribution is -2.12. The van der Waals surface area contributed by atoms with Gasteiger partial charge in [0.25, 0.3) is 0 Å². The lowest BCUT2D eigenvalue weighted by atomic mass is 10.4. The SMILES string of the molecule is COC(=O)c1ccc(CNCc2ccc(Cl)s2)[nH]1. The maximum absolute atomic E-state index is 11.2. The Bertz CT molecular complexity index is 536. The minimum atomic E-state index is -0.355. The van der Waals surface area contributed by atoms with E-state index in [0.717, 1.165) is 16.6 Å². The molecule has 0 aliphatic heterocycles. The van der Waals surface area contributed by atoms with E-state index in [-0.39, 0.29) is 5.97 Å². The van der Waals surface area contributed by atoms with E-state index in [0.29, 0.717) is 12.2 Å². The minimum Gasteiger partial charge on any atom is -0.464 e. The molecular weight excluding hydrogens is 272 g/mol. The summed E-state index contributed by atoms with van der Waals surface area (Å²) in [6.45, 7) is 1.41. The fourth-order valence-corrected chi connectivity index (χ4v) is 2.60. The van der Waals surface area contributed by atoms with E-state index < -0.39 is 0 Å². The Morgan fingerprint density at radius 1 is 1.39 bits per heavy atom. The molecule has 18 heavy (non-hydrogen) atoms. The highest BCUT2D eigenvalue weighted by Crippen LogP contribution is 2.21.